The molecule has 1 aromatic carbocycles. The number of benzene rings is 1. The zero-order valence-corrected chi connectivity index (χ0v) is 9.93. The van der Waals surface area contributed by atoms with Gasteiger partial charge < -0.3 is 10.1 Å². The van der Waals surface area contributed by atoms with Gasteiger partial charge in [-0.25, -0.2) is 4.39 Å². The lowest BCUT2D eigenvalue weighted by Crippen LogP contribution is -2.41. The van der Waals surface area contributed by atoms with Gasteiger partial charge >= 0.3 is 0 Å². The largest absolute Gasteiger partial charge is 0.380 e. The van der Waals surface area contributed by atoms with Crippen molar-refractivity contribution in [1.82, 2.24) is 0 Å². The van der Waals surface area contributed by atoms with Crippen molar-refractivity contribution >= 4 is 17.3 Å². The normalized spacial score (nSPS) is 23.9. The first kappa shape index (κ1) is 11.7. The van der Waals surface area contributed by atoms with Gasteiger partial charge in [-0.05, 0) is 31.9 Å². The van der Waals surface area contributed by atoms with Crippen molar-refractivity contribution in [3.63, 3.8) is 0 Å². The maximum Gasteiger partial charge on any atom is 0.164 e. The molecule has 1 aliphatic carbocycles. The van der Waals surface area contributed by atoms with Crippen LogP contribution in [-0.4, -0.2) is 18.8 Å². The third-order valence-electron chi connectivity index (χ3n) is 2.81. The van der Waals surface area contributed by atoms with Gasteiger partial charge in [-0.15, -0.1) is 0 Å². The Morgan fingerprint density at radius 1 is 1.50 bits per heavy atom. The van der Waals surface area contributed by atoms with E-state index in [1.165, 1.54) is 0 Å². The molecule has 0 unspecified atom stereocenters. The molecule has 0 saturated heterocycles. The first-order valence-corrected chi connectivity index (χ1v) is 5.90. The molecule has 1 saturated carbocycles. The molecular weight excluding hydrogens is 229 g/mol. The number of hydrogen-bond acceptors (Lipinski definition) is 2. The Balaban J connectivity index is 1.89. The van der Waals surface area contributed by atoms with E-state index in [1.54, 1.807) is 18.2 Å². The summed E-state index contributed by atoms with van der Waals surface area (Å²) >= 11 is 5.70. The predicted octanol–water partition coefficient (Wildman–Crippen LogP) is 3.46. The fourth-order valence-electron chi connectivity index (χ4n) is 1.89. The van der Waals surface area contributed by atoms with Crippen LogP contribution in [0.2, 0.25) is 5.02 Å². The number of halogens is 2. The van der Waals surface area contributed by atoms with Crippen LogP contribution >= 0.6 is 11.6 Å². The van der Waals surface area contributed by atoms with Gasteiger partial charge in [0.2, 0.25) is 0 Å². The van der Waals surface area contributed by atoms with Crippen LogP contribution in [0.15, 0.2) is 18.2 Å². The first-order valence-electron chi connectivity index (χ1n) is 5.53. The van der Waals surface area contributed by atoms with E-state index in [2.05, 4.69) is 5.32 Å². The average molecular weight is 244 g/mol. The lowest BCUT2D eigenvalue weighted by molar-refractivity contribution is 0.00293. The van der Waals surface area contributed by atoms with Gasteiger partial charge in [0.05, 0.1) is 16.8 Å². The van der Waals surface area contributed by atoms with Crippen molar-refractivity contribution in [2.45, 2.75) is 31.9 Å². The summed E-state index contributed by atoms with van der Waals surface area (Å²) in [5, 5.41) is 3.29. The molecule has 1 fully saturated rings. The predicted molar refractivity (Wildman–Crippen MR) is 63.5 cm³/mol. The minimum absolute atomic E-state index is 0.158. The molecule has 0 aliphatic heterocycles. The number of nitrogens with one attached hydrogen (secondary N) is 1. The van der Waals surface area contributed by atoms with E-state index in [9.17, 15) is 4.39 Å². The van der Waals surface area contributed by atoms with Crippen molar-refractivity contribution in [1.29, 1.82) is 0 Å². The molecule has 2 rings (SSSR count). The third kappa shape index (κ3) is 2.47. The van der Waals surface area contributed by atoms with Crippen LogP contribution in [0.5, 0.6) is 0 Å². The Hall–Kier alpha value is -0.800. The average Bonchev–Trinajstić information content (AvgIpc) is 2.21. The number of rotatable bonds is 4. The molecule has 1 N–H and O–H groups in total. The summed E-state index contributed by atoms with van der Waals surface area (Å²) in [6, 6.07) is 5.29. The molecule has 0 heterocycles. The van der Waals surface area contributed by atoms with Crippen LogP contribution in [0.3, 0.4) is 0 Å². The maximum absolute atomic E-state index is 13.5. The fourth-order valence-corrected chi connectivity index (χ4v) is 2.07. The van der Waals surface area contributed by atoms with E-state index in [1.807, 2.05) is 6.92 Å². The molecule has 88 valence electrons. The van der Waals surface area contributed by atoms with Crippen molar-refractivity contribution in [3.8, 4) is 0 Å². The summed E-state index contributed by atoms with van der Waals surface area (Å²) in [6.45, 7) is 2.72. The van der Waals surface area contributed by atoms with Crippen LogP contribution < -0.4 is 5.32 Å². The second-order valence-corrected chi connectivity index (χ2v) is 4.40. The topological polar surface area (TPSA) is 21.3 Å². The molecular formula is C12H15ClFNO. The lowest BCUT2D eigenvalue weighted by Gasteiger charge is -2.36. The van der Waals surface area contributed by atoms with E-state index < -0.39 is 0 Å². The number of hydrogen-bond donors (Lipinski definition) is 1. The van der Waals surface area contributed by atoms with E-state index in [0.29, 0.717) is 17.8 Å². The molecule has 0 atom stereocenters. The van der Waals surface area contributed by atoms with Crippen LogP contribution in [0.1, 0.15) is 19.8 Å². The highest BCUT2D eigenvalue weighted by molar-refractivity contribution is 6.31. The molecule has 1 aromatic rings. The van der Waals surface area contributed by atoms with Crippen molar-refractivity contribution in [2.24, 2.45) is 0 Å². The van der Waals surface area contributed by atoms with Crippen molar-refractivity contribution in [2.75, 3.05) is 11.9 Å². The lowest BCUT2D eigenvalue weighted by atomic mass is 9.89. The van der Waals surface area contributed by atoms with Crippen molar-refractivity contribution in [3.05, 3.63) is 29.0 Å². The molecule has 16 heavy (non-hydrogen) atoms. The summed E-state index contributed by atoms with van der Waals surface area (Å²) in [5.74, 6) is -0.371. The first-order chi connectivity index (χ1) is 7.70. The summed E-state index contributed by atoms with van der Waals surface area (Å²) in [7, 11) is 0. The Bertz CT molecular complexity index is 366. The highest BCUT2D eigenvalue weighted by atomic mass is 35.5. The highest BCUT2D eigenvalue weighted by Gasteiger charge is 2.29. The van der Waals surface area contributed by atoms with Gasteiger partial charge in [0, 0.05) is 12.6 Å². The van der Waals surface area contributed by atoms with Gasteiger partial charge in [-0.3, -0.25) is 0 Å². The molecule has 1 aliphatic rings. The van der Waals surface area contributed by atoms with Crippen LogP contribution in [-0.2, 0) is 4.74 Å². The Labute approximate surface area is 99.7 Å². The SMILES string of the molecule is CCOC1CC(Nc2cccc(Cl)c2F)C1. The van der Waals surface area contributed by atoms with Crippen molar-refractivity contribution < 1.29 is 9.13 Å². The minimum atomic E-state index is -0.371. The summed E-state index contributed by atoms with van der Waals surface area (Å²) in [6.07, 6.45) is 2.18. The van der Waals surface area contributed by atoms with E-state index in [0.717, 1.165) is 19.4 Å². The number of ether oxygens (including phenoxy) is 1. The smallest absolute Gasteiger partial charge is 0.164 e. The Morgan fingerprint density at radius 3 is 2.94 bits per heavy atom. The Kier molecular flexibility index (Phi) is 3.66. The molecule has 0 radical (unpaired) electrons. The van der Waals surface area contributed by atoms with Gasteiger partial charge in [-0.2, -0.15) is 0 Å². The highest BCUT2D eigenvalue weighted by Crippen LogP contribution is 2.29. The van der Waals surface area contributed by atoms with E-state index in [4.69, 9.17) is 16.3 Å². The molecule has 4 heteroatoms. The minimum Gasteiger partial charge on any atom is -0.380 e. The van der Waals surface area contributed by atoms with E-state index >= 15 is 0 Å². The summed E-state index contributed by atoms with van der Waals surface area (Å²) < 4.78 is 19.0. The molecule has 0 amide bonds. The summed E-state index contributed by atoms with van der Waals surface area (Å²) in [5.41, 5.74) is 0.479. The summed E-state index contributed by atoms with van der Waals surface area (Å²) in [4.78, 5) is 0. The molecule has 2 nitrogen and oxygen atoms in total. The van der Waals surface area contributed by atoms with Crippen LogP contribution in [0, 0.1) is 5.82 Å². The zero-order valence-electron chi connectivity index (χ0n) is 9.17. The maximum atomic E-state index is 13.5. The monoisotopic (exact) mass is 243 g/mol. The Morgan fingerprint density at radius 2 is 2.25 bits per heavy atom. The second-order valence-electron chi connectivity index (χ2n) is 3.99. The van der Waals surface area contributed by atoms with Gasteiger partial charge in [0.25, 0.3) is 0 Å². The molecule has 0 spiro atoms. The standard InChI is InChI=1S/C12H15ClFNO/c1-2-16-9-6-8(7-9)15-11-5-3-4-10(13)12(11)14/h3-5,8-9,15H,2,6-7H2,1H3. The van der Waals surface area contributed by atoms with E-state index in [-0.39, 0.29) is 10.8 Å². The van der Waals surface area contributed by atoms with Gasteiger partial charge in [-0.1, -0.05) is 17.7 Å². The second kappa shape index (κ2) is 5.02. The molecule has 0 aromatic heterocycles. The zero-order chi connectivity index (χ0) is 11.5. The van der Waals surface area contributed by atoms with Crippen LogP contribution in [0.25, 0.3) is 0 Å². The fraction of sp³-hybridized carbons (Fsp3) is 0.500. The van der Waals surface area contributed by atoms with Crippen LogP contribution in [0.4, 0.5) is 10.1 Å². The third-order valence-corrected chi connectivity index (χ3v) is 3.10. The quantitative estimate of drug-likeness (QED) is 0.875. The van der Waals surface area contributed by atoms with Gasteiger partial charge in [0.1, 0.15) is 0 Å². The number of anilines is 1. The van der Waals surface area contributed by atoms with Gasteiger partial charge in [0.15, 0.2) is 5.82 Å². The molecule has 0 bridgehead atoms.